The van der Waals surface area contributed by atoms with Gasteiger partial charge < -0.3 is 0 Å². The van der Waals surface area contributed by atoms with E-state index in [9.17, 15) is 0 Å². The number of para-hydroxylation sites is 1. The Morgan fingerprint density at radius 2 is 1.89 bits per heavy atom. The molecule has 0 aliphatic rings. The maximum atomic E-state index is 6.06. The van der Waals surface area contributed by atoms with Crippen LogP contribution in [0.3, 0.4) is 0 Å². The fourth-order valence-corrected chi connectivity index (χ4v) is 2.93. The number of nitrogens with zero attached hydrogens (tertiary/aromatic N) is 2. The zero-order valence-electron chi connectivity index (χ0n) is 10.4. The molecule has 2 heterocycles. The second-order valence-electron chi connectivity index (χ2n) is 4.76. The third-order valence-electron chi connectivity index (χ3n) is 3.65. The number of benzene rings is 2. The molecule has 0 bridgehead atoms. The molecule has 0 aliphatic carbocycles. The summed E-state index contributed by atoms with van der Waals surface area (Å²) < 4.78 is 2.20. The van der Waals surface area contributed by atoms with Crippen LogP contribution < -0.4 is 0 Å². The van der Waals surface area contributed by atoms with Crippen molar-refractivity contribution in [3.63, 3.8) is 0 Å². The predicted octanol–water partition coefficient (Wildman–Crippen LogP) is 4.60. The summed E-state index contributed by atoms with van der Waals surface area (Å²) >= 11 is 6.06. The number of aryl methyl sites for hydroxylation is 1. The first-order chi connectivity index (χ1) is 9.25. The van der Waals surface area contributed by atoms with Gasteiger partial charge in [0.2, 0.25) is 0 Å². The molecule has 0 radical (unpaired) electrons. The van der Waals surface area contributed by atoms with Crippen LogP contribution in [0.25, 0.3) is 27.5 Å². The first kappa shape index (κ1) is 10.8. The zero-order valence-corrected chi connectivity index (χ0v) is 11.1. The van der Waals surface area contributed by atoms with Gasteiger partial charge in [0.25, 0.3) is 0 Å². The highest BCUT2D eigenvalue weighted by atomic mass is 35.5. The summed E-state index contributed by atoms with van der Waals surface area (Å²) in [6.07, 6.45) is 1.89. The average molecular weight is 267 g/mol. The Kier molecular flexibility index (Phi) is 2.12. The number of hydrogen-bond acceptors (Lipinski definition) is 1. The van der Waals surface area contributed by atoms with E-state index in [1.807, 2.05) is 18.3 Å². The molecule has 0 amide bonds. The Balaban J connectivity index is 2.36. The van der Waals surface area contributed by atoms with Crippen LogP contribution in [0.4, 0.5) is 0 Å². The maximum absolute atomic E-state index is 6.06. The molecule has 4 rings (SSSR count). The van der Waals surface area contributed by atoms with Crippen molar-refractivity contribution in [2.24, 2.45) is 0 Å². The standard InChI is InChI=1S/C16H11ClN2/c1-10-13-4-2-3-5-15(13)19-14-7-6-12(17)8-11(14)9-18-16(10)19/h2-9H,1H3. The molecule has 4 aromatic rings. The molecule has 3 heteroatoms. The van der Waals surface area contributed by atoms with Gasteiger partial charge in [0, 0.05) is 27.6 Å². The molecule has 0 fully saturated rings. The van der Waals surface area contributed by atoms with Crippen molar-refractivity contribution < 1.29 is 0 Å². The number of hydrogen-bond donors (Lipinski definition) is 0. The van der Waals surface area contributed by atoms with Crippen LogP contribution in [-0.2, 0) is 0 Å². The third kappa shape index (κ3) is 1.41. The van der Waals surface area contributed by atoms with E-state index in [0.29, 0.717) is 0 Å². The van der Waals surface area contributed by atoms with E-state index in [0.717, 1.165) is 21.6 Å². The summed E-state index contributed by atoms with van der Waals surface area (Å²) in [6.45, 7) is 2.12. The second-order valence-corrected chi connectivity index (χ2v) is 5.20. The quantitative estimate of drug-likeness (QED) is 0.455. The molecule has 0 saturated carbocycles. The van der Waals surface area contributed by atoms with Gasteiger partial charge in [-0.05, 0) is 31.2 Å². The smallest absolute Gasteiger partial charge is 0.141 e. The van der Waals surface area contributed by atoms with Gasteiger partial charge in [0.05, 0.1) is 11.0 Å². The van der Waals surface area contributed by atoms with E-state index >= 15 is 0 Å². The lowest BCUT2D eigenvalue weighted by atomic mass is 10.2. The molecule has 0 N–H and O–H groups in total. The van der Waals surface area contributed by atoms with Crippen LogP contribution in [0.1, 0.15) is 5.56 Å². The molecule has 0 spiro atoms. The SMILES string of the molecule is Cc1c2ccccc2n2c1ncc1cc(Cl)ccc12. The predicted molar refractivity (Wildman–Crippen MR) is 80.0 cm³/mol. The molecule has 92 valence electrons. The average Bonchev–Trinajstić information content (AvgIpc) is 2.73. The second kappa shape index (κ2) is 3.72. The van der Waals surface area contributed by atoms with E-state index in [1.54, 1.807) is 0 Å². The van der Waals surface area contributed by atoms with E-state index in [2.05, 4.69) is 46.6 Å². The Morgan fingerprint density at radius 1 is 1.05 bits per heavy atom. The zero-order chi connectivity index (χ0) is 13.0. The Hall–Kier alpha value is -2.06. The monoisotopic (exact) mass is 266 g/mol. The van der Waals surface area contributed by atoms with Crippen LogP contribution in [-0.4, -0.2) is 9.38 Å². The van der Waals surface area contributed by atoms with Crippen molar-refractivity contribution >= 4 is 39.1 Å². The van der Waals surface area contributed by atoms with Gasteiger partial charge >= 0.3 is 0 Å². The highest BCUT2D eigenvalue weighted by Crippen LogP contribution is 2.29. The number of halogens is 1. The summed E-state index contributed by atoms with van der Waals surface area (Å²) in [7, 11) is 0. The van der Waals surface area contributed by atoms with Gasteiger partial charge in [-0.15, -0.1) is 0 Å². The summed E-state index contributed by atoms with van der Waals surface area (Å²) in [5.74, 6) is 0. The van der Waals surface area contributed by atoms with Gasteiger partial charge in [-0.1, -0.05) is 29.8 Å². The van der Waals surface area contributed by atoms with E-state index < -0.39 is 0 Å². The normalized spacial score (nSPS) is 11.7. The maximum Gasteiger partial charge on any atom is 0.141 e. The van der Waals surface area contributed by atoms with Gasteiger partial charge in [0.15, 0.2) is 0 Å². The minimum atomic E-state index is 0.738. The molecule has 2 nitrogen and oxygen atoms in total. The topological polar surface area (TPSA) is 17.3 Å². The Bertz CT molecular complexity index is 938. The fraction of sp³-hybridized carbons (Fsp3) is 0.0625. The minimum Gasteiger partial charge on any atom is -0.294 e. The summed E-state index contributed by atoms with van der Waals surface area (Å²) in [5.41, 5.74) is 4.55. The molecule has 19 heavy (non-hydrogen) atoms. The van der Waals surface area contributed by atoms with Crippen LogP contribution in [0, 0.1) is 6.92 Å². The summed E-state index contributed by atoms with van der Waals surface area (Å²) in [6, 6.07) is 14.3. The minimum absolute atomic E-state index is 0.738. The molecule has 2 aromatic carbocycles. The number of rotatable bonds is 0. The Morgan fingerprint density at radius 3 is 2.79 bits per heavy atom. The third-order valence-corrected chi connectivity index (χ3v) is 3.89. The molecule has 0 saturated heterocycles. The molecular formula is C16H11ClN2. The molecule has 0 unspecified atom stereocenters. The first-order valence-electron chi connectivity index (χ1n) is 6.20. The van der Waals surface area contributed by atoms with Gasteiger partial charge in [-0.3, -0.25) is 4.40 Å². The lowest BCUT2D eigenvalue weighted by molar-refractivity contribution is 1.22. The van der Waals surface area contributed by atoms with Gasteiger partial charge in [-0.2, -0.15) is 0 Å². The van der Waals surface area contributed by atoms with Gasteiger partial charge in [-0.25, -0.2) is 4.98 Å². The van der Waals surface area contributed by atoms with Crippen LogP contribution in [0.15, 0.2) is 48.7 Å². The molecule has 0 atom stereocenters. The van der Waals surface area contributed by atoms with Crippen molar-refractivity contribution in [2.75, 3.05) is 0 Å². The van der Waals surface area contributed by atoms with E-state index in [1.165, 1.54) is 16.5 Å². The molecular weight excluding hydrogens is 256 g/mol. The number of fused-ring (bicyclic) bond motifs is 5. The Labute approximate surface area is 115 Å². The summed E-state index contributed by atoms with van der Waals surface area (Å²) in [4.78, 5) is 4.59. The van der Waals surface area contributed by atoms with Crippen LogP contribution in [0.2, 0.25) is 5.02 Å². The van der Waals surface area contributed by atoms with E-state index in [-0.39, 0.29) is 0 Å². The van der Waals surface area contributed by atoms with Gasteiger partial charge in [0.1, 0.15) is 5.65 Å². The number of aromatic nitrogens is 2. The molecule has 0 aliphatic heterocycles. The summed E-state index contributed by atoms with van der Waals surface area (Å²) in [5, 5.41) is 3.04. The van der Waals surface area contributed by atoms with Crippen LogP contribution in [0.5, 0.6) is 0 Å². The lowest BCUT2D eigenvalue weighted by Crippen LogP contribution is -1.91. The molecule has 2 aromatic heterocycles. The fourth-order valence-electron chi connectivity index (χ4n) is 2.75. The van der Waals surface area contributed by atoms with Crippen LogP contribution >= 0.6 is 11.6 Å². The first-order valence-corrected chi connectivity index (χ1v) is 6.57. The highest BCUT2D eigenvalue weighted by molar-refractivity contribution is 6.31. The van der Waals surface area contributed by atoms with Crippen molar-refractivity contribution in [3.05, 3.63) is 59.2 Å². The van der Waals surface area contributed by atoms with Crippen molar-refractivity contribution in [3.8, 4) is 0 Å². The van der Waals surface area contributed by atoms with Crippen molar-refractivity contribution in [1.82, 2.24) is 9.38 Å². The van der Waals surface area contributed by atoms with Crippen molar-refractivity contribution in [2.45, 2.75) is 6.92 Å². The lowest BCUT2D eigenvalue weighted by Gasteiger charge is -2.04. The highest BCUT2D eigenvalue weighted by Gasteiger charge is 2.11. The largest absolute Gasteiger partial charge is 0.294 e. The van der Waals surface area contributed by atoms with Crippen molar-refractivity contribution in [1.29, 1.82) is 0 Å². The van der Waals surface area contributed by atoms with E-state index in [4.69, 9.17) is 11.6 Å².